The van der Waals surface area contributed by atoms with Gasteiger partial charge in [-0.05, 0) is 28.7 Å². The normalized spacial score (nSPS) is 13.7. The second kappa shape index (κ2) is 6.15. The van der Waals surface area contributed by atoms with E-state index < -0.39 is 23.0 Å². The second-order valence-electron chi connectivity index (χ2n) is 5.22. The molecule has 8 heteroatoms. The van der Waals surface area contributed by atoms with E-state index in [1.807, 2.05) is 4.72 Å². The van der Waals surface area contributed by atoms with Crippen molar-refractivity contribution < 1.29 is 22.9 Å². The molecule has 0 aliphatic carbocycles. The average molecular weight is 331 g/mol. The molecule has 3 rings (SSSR count). The van der Waals surface area contributed by atoms with Gasteiger partial charge in [-0.15, -0.1) is 0 Å². The Morgan fingerprint density at radius 3 is 2.70 bits per heavy atom. The highest BCUT2D eigenvalue weighted by Crippen LogP contribution is 2.12. The van der Waals surface area contributed by atoms with Gasteiger partial charge in [0.2, 0.25) is 5.91 Å². The lowest BCUT2D eigenvalue weighted by Crippen LogP contribution is -2.32. The van der Waals surface area contributed by atoms with Crippen molar-refractivity contribution in [2.24, 2.45) is 0 Å². The number of carbonyl (C=O) groups excluding carboxylic acids is 1. The molecule has 0 saturated carbocycles. The number of amides is 1. The van der Waals surface area contributed by atoms with E-state index in [2.05, 4.69) is 0 Å². The quantitative estimate of drug-likeness (QED) is 0.767. The third-order valence-electron chi connectivity index (χ3n) is 3.54. The summed E-state index contributed by atoms with van der Waals surface area (Å²) in [5.74, 6) is -0.637. The van der Waals surface area contributed by atoms with E-state index in [1.165, 1.54) is 12.1 Å². The maximum Gasteiger partial charge on any atom is 0.491 e. The molecule has 0 bridgehead atoms. The number of fused-ring (bicyclic) bond motifs is 1. The van der Waals surface area contributed by atoms with E-state index in [1.54, 1.807) is 36.4 Å². The summed E-state index contributed by atoms with van der Waals surface area (Å²) < 4.78 is 31.3. The third kappa shape index (κ3) is 3.44. The van der Waals surface area contributed by atoms with Crippen LogP contribution in [0, 0.1) is 0 Å². The summed E-state index contributed by atoms with van der Waals surface area (Å²) >= 11 is 0. The van der Waals surface area contributed by atoms with Crippen molar-refractivity contribution >= 4 is 28.5 Å². The smallest absolute Gasteiger partial charge is 0.423 e. The minimum absolute atomic E-state index is 0.0334. The summed E-state index contributed by atoms with van der Waals surface area (Å²) in [6.07, 6.45) is -0.105. The lowest BCUT2D eigenvalue weighted by atomic mass is 9.78. The summed E-state index contributed by atoms with van der Waals surface area (Å²) in [5.41, 5.74) is 2.08. The fourth-order valence-corrected chi connectivity index (χ4v) is 3.41. The van der Waals surface area contributed by atoms with Gasteiger partial charge in [-0.3, -0.25) is 4.79 Å². The molecular formula is C15H14BNO5S. The number of nitrogens with one attached hydrogen (secondary N) is 1. The monoisotopic (exact) mass is 331 g/mol. The summed E-state index contributed by atoms with van der Waals surface area (Å²) in [6, 6.07) is 12.8. The van der Waals surface area contributed by atoms with Crippen molar-refractivity contribution in [1.82, 2.24) is 4.72 Å². The second-order valence-corrected chi connectivity index (χ2v) is 6.90. The first-order valence-electron chi connectivity index (χ1n) is 6.98. The summed E-state index contributed by atoms with van der Waals surface area (Å²) in [5, 5.41) is 9.66. The van der Waals surface area contributed by atoms with E-state index >= 15 is 0 Å². The van der Waals surface area contributed by atoms with E-state index in [4.69, 9.17) is 4.65 Å². The maximum absolute atomic E-state index is 12.1. The standard InChI is InChI=1S/C15H14BNO5S/c18-15(17-23(20,21)13-4-2-1-3-5-13)9-11-6-7-12-10-22-16(19)14(12)8-11/h1-8,19H,9-10H2,(H,17,18). The molecule has 0 unspecified atom stereocenters. The topological polar surface area (TPSA) is 92.7 Å². The molecule has 1 aliphatic rings. The zero-order valence-corrected chi connectivity index (χ0v) is 12.9. The van der Waals surface area contributed by atoms with E-state index in [0.29, 0.717) is 17.6 Å². The van der Waals surface area contributed by atoms with Crippen LogP contribution in [0.3, 0.4) is 0 Å². The fraction of sp³-hybridized carbons (Fsp3) is 0.133. The predicted molar refractivity (Wildman–Crippen MR) is 84.3 cm³/mol. The van der Waals surface area contributed by atoms with Gasteiger partial charge in [0.15, 0.2) is 0 Å². The van der Waals surface area contributed by atoms with Gasteiger partial charge >= 0.3 is 7.12 Å². The summed E-state index contributed by atoms with van der Waals surface area (Å²) in [6.45, 7) is 0.325. The van der Waals surface area contributed by atoms with Crippen LogP contribution >= 0.6 is 0 Å². The molecule has 0 spiro atoms. The molecule has 1 heterocycles. The summed E-state index contributed by atoms with van der Waals surface area (Å²) in [4.78, 5) is 12.0. The Morgan fingerprint density at radius 2 is 1.96 bits per heavy atom. The minimum Gasteiger partial charge on any atom is -0.423 e. The molecule has 0 fully saturated rings. The van der Waals surface area contributed by atoms with E-state index in [0.717, 1.165) is 5.56 Å². The first-order valence-corrected chi connectivity index (χ1v) is 8.46. The molecule has 0 aromatic heterocycles. The zero-order valence-electron chi connectivity index (χ0n) is 12.1. The zero-order chi connectivity index (χ0) is 16.4. The molecule has 23 heavy (non-hydrogen) atoms. The number of benzene rings is 2. The van der Waals surface area contributed by atoms with Crippen LogP contribution in [0.5, 0.6) is 0 Å². The highest BCUT2D eigenvalue weighted by molar-refractivity contribution is 7.90. The average Bonchev–Trinajstić information content (AvgIpc) is 2.89. The Morgan fingerprint density at radius 1 is 1.22 bits per heavy atom. The predicted octanol–water partition coefficient (Wildman–Crippen LogP) is -0.0481. The lowest BCUT2D eigenvalue weighted by molar-refractivity contribution is -0.118. The molecule has 2 N–H and O–H groups in total. The van der Waals surface area contributed by atoms with Crippen LogP contribution in [0.1, 0.15) is 11.1 Å². The van der Waals surface area contributed by atoms with E-state index in [9.17, 15) is 18.2 Å². The summed E-state index contributed by atoms with van der Waals surface area (Å²) in [7, 11) is -4.87. The van der Waals surface area contributed by atoms with Crippen molar-refractivity contribution in [1.29, 1.82) is 0 Å². The Bertz CT molecular complexity index is 838. The van der Waals surface area contributed by atoms with E-state index in [-0.39, 0.29) is 11.3 Å². The lowest BCUT2D eigenvalue weighted by Gasteiger charge is -2.08. The molecule has 0 saturated heterocycles. The highest BCUT2D eigenvalue weighted by atomic mass is 32.2. The fourth-order valence-electron chi connectivity index (χ4n) is 2.40. The molecule has 6 nitrogen and oxygen atoms in total. The first kappa shape index (κ1) is 15.7. The first-order chi connectivity index (χ1) is 11.0. The van der Waals surface area contributed by atoms with Gasteiger partial charge in [-0.2, -0.15) is 0 Å². The molecular weight excluding hydrogens is 317 g/mol. The molecule has 2 aromatic rings. The Balaban J connectivity index is 1.72. The number of carbonyl (C=O) groups is 1. The molecule has 0 radical (unpaired) electrons. The third-order valence-corrected chi connectivity index (χ3v) is 4.93. The van der Waals surface area contributed by atoms with Crippen LogP contribution in [0.25, 0.3) is 0 Å². The van der Waals surface area contributed by atoms with Crippen LogP contribution in [0.2, 0.25) is 0 Å². The molecule has 2 aromatic carbocycles. The SMILES string of the molecule is O=C(Cc1ccc2c(c1)B(O)OC2)NS(=O)(=O)c1ccccc1. The largest absolute Gasteiger partial charge is 0.491 e. The van der Waals surface area contributed by atoms with Crippen LogP contribution in [-0.2, 0) is 32.5 Å². The Kier molecular flexibility index (Phi) is 4.21. The van der Waals surface area contributed by atoms with Crippen molar-refractivity contribution in [3.05, 3.63) is 59.7 Å². The van der Waals surface area contributed by atoms with Crippen molar-refractivity contribution in [2.45, 2.75) is 17.9 Å². The van der Waals surface area contributed by atoms with Gasteiger partial charge in [0.05, 0.1) is 17.9 Å². The Hall–Kier alpha value is -2.16. The number of sulfonamides is 1. The Labute approximate surface area is 134 Å². The highest BCUT2D eigenvalue weighted by Gasteiger charge is 2.27. The van der Waals surface area contributed by atoms with Crippen LogP contribution in [-0.4, -0.2) is 26.5 Å². The molecule has 118 valence electrons. The van der Waals surface area contributed by atoms with Gasteiger partial charge in [0.1, 0.15) is 0 Å². The van der Waals surface area contributed by atoms with Crippen LogP contribution in [0.4, 0.5) is 0 Å². The molecule has 1 amide bonds. The number of hydrogen-bond donors (Lipinski definition) is 2. The molecule has 0 atom stereocenters. The van der Waals surface area contributed by atoms with Gasteiger partial charge in [-0.1, -0.05) is 36.4 Å². The van der Waals surface area contributed by atoms with Crippen LogP contribution in [0.15, 0.2) is 53.4 Å². The number of rotatable bonds is 4. The van der Waals surface area contributed by atoms with Gasteiger partial charge in [0, 0.05) is 0 Å². The maximum atomic E-state index is 12.1. The van der Waals surface area contributed by atoms with Gasteiger partial charge in [0.25, 0.3) is 10.0 Å². The van der Waals surface area contributed by atoms with Crippen molar-refractivity contribution in [3.8, 4) is 0 Å². The van der Waals surface area contributed by atoms with Gasteiger partial charge in [-0.25, -0.2) is 13.1 Å². The van der Waals surface area contributed by atoms with Crippen LogP contribution < -0.4 is 10.2 Å². The van der Waals surface area contributed by atoms with Crippen molar-refractivity contribution in [3.63, 3.8) is 0 Å². The number of hydrogen-bond acceptors (Lipinski definition) is 5. The van der Waals surface area contributed by atoms with Gasteiger partial charge < -0.3 is 9.68 Å². The molecule has 1 aliphatic heterocycles. The van der Waals surface area contributed by atoms with Crippen molar-refractivity contribution in [2.75, 3.05) is 0 Å². The minimum atomic E-state index is -3.88.